The monoisotopic (exact) mass is 351 g/mol. The second-order valence-electron chi connectivity index (χ2n) is 4.11. The first-order valence-electron chi connectivity index (χ1n) is 6.19. The van der Waals surface area contributed by atoms with Gasteiger partial charge in [0.1, 0.15) is 5.82 Å². The molecule has 0 aromatic heterocycles. The predicted octanol–water partition coefficient (Wildman–Crippen LogP) is 2.95. The molecule has 0 atom stereocenters. The molecule has 112 valence electrons. The molecular formula is C13H17BrF3N3. The van der Waals surface area contributed by atoms with Crippen LogP contribution in [0.4, 0.5) is 13.2 Å². The minimum absolute atomic E-state index is 0.250. The van der Waals surface area contributed by atoms with Crippen molar-refractivity contribution in [3.05, 3.63) is 34.1 Å². The third-order valence-electron chi connectivity index (χ3n) is 2.58. The molecule has 20 heavy (non-hydrogen) atoms. The number of hydrogen-bond donors (Lipinski definition) is 2. The molecule has 1 aromatic rings. The zero-order valence-corrected chi connectivity index (χ0v) is 12.7. The molecule has 0 aliphatic carbocycles. The van der Waals surface area contributed by atoms with E-state index in [1.54, 1.807) is 12.1 Å². The number of guanidine groups is 1. The van der Waals surface area contributed by atoms with Gasteiger partial charge in [0, 0.05) is 18.1 Å². The summed E-state index contributed by atoms with van der Waals surface area (Å²) in [5, 5.41) is 5.39. The molecule has 0 bridgehead atoms. The standard InChI is InChI=1S/C13H17BrF3N3/c1-18-13(20-8-12(16)17)19-6-2-3-9-4-5-10(14)7-11(9)15/h4-5,7,12H,2-3,6,8H2,1H3,(H2,18,19,20). The van der Waals surface area contributed by atoms with Gasteiger partial charge in [-0.1, -0.05) is 22.0 Å². The molecule has 0 spiro atoms. The highest BCUT2D eigenvalue weighted by Gasteiger charge is 2.05. The van der Waals surface area contributed by atoms with Crippen molar-refractivity contribution in [2.24, 2.45) is 4.99 Å². The van der Waals surface area contributed by atoms with Gasteiger partial charge in [-0.15, -0.1) is 0 Å². The van der Waals surface area contributed by atoms with E-state index in [2.05, 4.69) is 31.6 Å². The van der Waals surface area contributed by atoms with Crippen molar-refractivity contribution in [3.8, 4) is 0 Å². The van der Waals surface area contributed by atoms with Crippen LogP contribution >= 0.6 is 15.9 Å². The summed E-state index contributed by atoms with van der Waals surface area (Å²) in [4.78, 5) is 3.81. The number of halogens is 4. The lowest BCUT2D eigenvalue weighted by Crippen LogP contribution is -2.40. The molecule has 0 heterocycles. The number of alkyl halides is 2. The SMILES string of the molecule is CN=C(NCCCc1ccc(Br)cc1F)NCC(F)F. The fourth-order valence-corrected chi connectivity index (χ4v) is 1.94. The van der Waals surface area contributed by atoms with Crippen LogP contribution in [0.3, 0.4) is 0 Å². The van der Waals surface area contributed by atoms with E-state index < -0.39 is 13.0 Å². The summed E-state index contributed by atoms with van der Waals surface area (Å²) in [6, 6.07) is 4.93. The second-order valence-corrected chi connectivity index (χ2v) is 5.03. The highest BCUT2D eigenvalue weighted by atomic mass is 79.9. The van der Waals surface area contributed by atoms with E-state index in [1.807, 2.05) is 0 Å². The Morgan fingerprint density at radius 3 is 2.70 bits per heavy atom. The molecule has 1 aromatic carbocycles. The number of rotatable bonds is 6. The highest BCUT2D eigenvalue weighted by molar-refractivity contribution is 9.10. The number of hydrogen-bond acceptors (Lipinski definition) is 1. The highest BCUT2D eigenvalue weighted by Crippen LogP contribution is 2.16. The largest absolute Gasteiger partial charge is 0.356 e. The molecule has 3 nitrogen and oxygen atoms in total. The van der Waals surface area contributed by atoms with Crippen LogP contribution in [0.5, 0.6) is 0 Å². The third kappa shape index (κ3) is 6.27. The van der Waals surface area contributed by atoms with Crippen molar-refractivity contribution < 1.29 is 13.2 Å². The van der Waals surface area contributed by atoms with Crippen molar-refractivity contribution in [1.29, 1.82) is 0 Å². The third-order valence-corrected chi connectivity index (χ3v) is 3.07. The Kier molecular flexibility index (Phi) is 7.43. The lowest BCUT2D eigenvalue weighted by Gasteiger charge is -2.11. The Morgan fingerprint density at radius 2 is 2.10 bits per heavy atom. The fraction of sp³-hybridized carbons (Fsp3) is 0.462. The normalized spacial score (nSPS) is 11.8. The Bertz CT molecular complexity index is 452. The van der Waals surface area contributed by atoms with Gasteiger partial charge in [-0.25, -0.2) is 13.2 Å². The first-order valence-corrected chi connectivity index (χ1v) is 6.99. The van der Waals surface area contributed by atoms with Gasteiger partial charge in [0.15, 0.2) is 5.96 Å². The molecule has 0 aliphatic rings. The summed E-state index contributed by atoms with van der Waals surface area (Å²) in [5.74, 6) is 0.0705. The van der Waals surface area contributed by atoms with Crippen LogP contribution in [0.15, 0.2) is 27.7 Å². The quantitative estimate of drug-likeness (QED) is 0.469. The van der Waals surface area contributed by atoms with Crippen molar-refractivity contribution in [3.63, 3.8) is 0 Å². The number of benzene rings is 1. The van der Waals surface area contributed by atoms with Crippen LogP contribution in [-0.4, -0.2) is 32.5 Å². The van der Waals surface area contributed by atoms with Gasteiger partial charge >= 0.3 is 0 Å². The molecule has 1 rings (SSSR count). The molecule has 0 aliphatic heterocycles. The minimum atomic E-state index is -2.43. The Balaban J connectivity index is 2.30. The van der Waals surface area contributed by atoms with E-state index in [1.165, 1.54) is 13.1 Å². The van der Waals surface area contributed by atoms with Crippen LogP contribution in [-0.2, 0) is 6.42 Å². The number of nitrogens with zero attached hydrogens (tertiary/aromatic N) is 1. The fourth-order valence-electron chi connectivity index (χ4n) is 1.60. The van der Waals surface area contributed by atoms with Crippen molar-refractivity contribution in [2.45, 2.75) is 19.3 Å². The van der Waals surface area contributed by atoms with E-state index >= 15 is 0 Å². The molecule has 0 fully saturated rings. The van der Waals surface area contributed by atoms with Gasteiger partial charge in [-0.2, -0.15) is 0 Å². The molecule has 0 unspecified atom stereocenters. The zero-order chi connectivity index (χ0) is 15.0. The topological polar surface area (TPSA) is 36.4 Å². The van der Waals surface area contributed by atoms with E-state index in [4.69, 9.17) is 0 Å². The summed E-state index contributed by atoms with van der Waals surface area (Å²) < 4.78 is 38.3. The van der Waals surface area contributed by atoms with Crippen molar-refractivity contribution in [1.82, 2.24) is 10.6 Å². The summed E-state index contributed by atoms with van der Waals surface area (Å²) in [7, 11) is 1.51. The molecule has 0 radical (unpaired) electrons. The van der Waals surface area contributed by atoms with Gasteiger partial charge in [0.05, 0.1) is 6.54 Å². The molecule has 0 saturated carbocycles. The van der Waals surface area contributed by atoms with Gasteiger partial charge in [-0.05, 0) is 30.5 Å². The molecular weight excluding hydrogens is 335 g/mol. The van der Waals surface area contributed by atoms with E-state index in [9.17, 15) is 13.2 Å². The number of aliphatic imine (C=N–C) groups is 1. The summed E-state index contributed by atoms with van der Waals surface area (Å²) in [6.45, 7) is 0.0828. The summed E-state index contributed by atoms with van der Waals surface area (Å²) in [6.07, 6.45) is -1.18. The first kappa shape index (κ1) is 16.8. The lowest BCUT2D eigenvalue weighted by molar-refractivity contribution is 0.152. The van der Waals surface area contributed by atoms with Crippen LogP contribution in [0.25, 0.3) is 0 Å². The maximum absolute atomic E-state index is 13.5. The molecule has 7 heteroatoms. The average Bonchev–Trinajstić information content (AvgIpc) is 2.39. The smallest absolute Gasteiger partial charge is 0.255 e. The van der Waals surface area contributed by atoms with E-state index in [0.717, 1.165) is 0 Å². The van der Waals surface area contributed by atoms with Crippen molar-refractivity contribution >= 4 is 21.9 Å². The van der Waals surface area contributed by atoms with Crippen LogP contribution in [0.2, 0.25) is 0 Å². The van der Waals surface area contributed by atoms with Crippen LogP contribution in [0, 0.1) is 5.82 Å². The average molecular weight is 352 g/mol. The minimum Gasteiger partial charge on any atom is -0.356 e. The Morgan fingerprint density at radius 1 is 1.35 bits per heavy atom. The first-order chi connectivity index (χ1) is 9.52. The molecule has 2 N–H and O–H groups in total. The second kappa shape index (κ2) is 8.84. The van der Waals surface area contributed by atoms with Gasteiger partial charge in [-0.3, -0.25) is 4.99 Å². The summed E-state index contributed by atoms with van der Waals surface area (Å²) >= 11 is 3.20. The molecule has 0 saturated heterocycles. The zero-order valence-electron chi connectivity index (χ0n) is 11.1. The lowest BCUT2D eigenvalue weighted by atomic mass is 10.1. The number of nitrogens with one attached hydrogen (secondary N) is 2. The maximum atomic E-state index is 13.5. The van der Waals surface area contributed by atoms with Gasteiger partial charge < -0.3 is 10.6 Å². The molecule has 0 amide bonds. The van der Waals surface area contributed by atoms with Crippen molar-refractivity contribution in [2.75, 3.05) is 20.1 Å². The van der Waals surface area contributed by atoms with E-state index in [-0.39, 0.29) is 5.82 Å². The maximum Gasteiger partial charge on any atom is 0.255 e. The van der Waals surface area contributed by atoms with Gasteiger partial charge in [0.2, 0.25) is 0 Å². The van der Waals surface area contributed by atoms with Gasteiger partial charge in [0.25, 0.3) is 6.43 Å². The summed E-state index contributed by atoms with van der Waals surface area (Å²) in [5.41, 5.74) is 0.630. The predicted molar refractivity (Wildman–Crippen MR) is 77.8 cm³/mol. The van der Waals surface area contributed by atoms with E-state index in [0.29, 0.717) is 35.4 Å². The van der Waals surface area contributed by atoms with Crippen LogP contribution in [0.1, 0.15) is 12.0 Å². The Hall–Kier alpha value is -1.24. The van der Waals surface area contributed by atoms with Crippen LogP contribution < -0.4 is 10.6 Å². The number of aryl methyl sites for hydroxylation is 1. The Labute approximate surface area is 124 Å².